The highest BCUT2D eigenvalue weighted by molar-refractivity contribution is 7.95. The lowest BCUT2D eigenvalue weighted by Crippen LogP contribution is -2.11. The van der Waals surface area contributed by atoms with Crippen LogP contribution in [0.15, 0.2) is 71.0 Å². The van der Waals surface area contributed by atoms with Crippen LogP contribution >= 0.6 is 0 Å². The van der Waals surface area contributed by atoms with E-state index < -0.39 is 9.84 Å². The Kier molecular flexibility index (Phi) is 6.15. The monoisotopic (exact) mass is 358 g/mol. The molecular formula is C20H22O4S. The molecule has 0 saturated heterocycles. The molecule has 0 heterocycles. The molecule has 0 spiro atoms. The normalized spacial score (nSPS) is 12.4. The highest BCUT2D eigenvalue weighted by Gasteiger charge is 2.24. The van der Waals surface area contributed by atoms with E-state index in [0.29, 0.717) is 5.75 Å². The molecule has 0 aliphatic carbocycles. The minimum Gasteiger partial charge on any atom is -0.497 e. The Morgan fingerprint density at radius 1 is 1.04 bits per heavy atom. The summed E-state index contributed by atoms with van der Waals surface area (Å²) >= 11 is 0. The van der Waals surface area contributed by atoms with E-state index in [2.05, 4.69) is 6.58 Å². The second kappa shape index (κ2) is 8.12. The maximum Gasteiger partial charge on any atom is 0.202 e. The maximum atomic E-state index is 12.7. The number of ketones is 1. The molecule has 0 bridgehead atoms. The van der Waals surface area contributed by atoms with Gasteiger partial charge < -0.3 is 9.53 Å². The number of ether oxygens (including phenoxy) is 1. The van der Waals surface area contributed by atoms with Crippen molar-refractivity contribution in [1.29, 1.82) is 0 Å². The molecule has 0 aliphatic heterocycles. The van der Waals surface area contributed by atoms with Gasteiger partial charge in [-0.3, -0.25) is 0 Å². The molecule has 5 heteroatoms. The number of Topliss-reactive ketones (excluding diaryl/α,β-unsaturated/α-hetero) is 1. The van der Waals surface area contributed by atoms with Gasteiger partial charge in [0.05, 0.1) is 12.0 Å². The van der Waals surface area contributed by atoms with E-state index in [1.165, 1.54) is 6.92 Å². The first-order valence-corrected chi connectivity index (χ1v) is 9.44. The smallest absolute Gasteiger partial charge is 0.202 e. The average molecular weight is 358 g/mol. The first-order chi connectivity index (χ1) is 11.8. The van der Waals surface area contributed by atoms with Gasteiger partial charge in [0.15, 0.2) is 0 Å². The van der Waals surface area contributed by atoms with E-state index in [1.807, 2.05) is 12.1 Å². The van der Waals surface area contributed by atoms with Crippen molar-refractivity contribution in [1.82, 2.24) is 0 Å². The fourth-order valence-electron chi connectivity index (χ4n) is 2.68. The predicted molar refractivity (Wildman–Crippen MR) is 98.4 cm³/mol. The standard InChI is InChI=1S/C20H22O4S/c1-15(21)13-18(17-9-11-19(24-3)12-10-17)14-16(2)25(22,23)20-7-5-4-6-8-20/h4-12,18H,2,13-14H2,1,3H3. The summed E-state index contributed by atoms with van der Waals surface area (Å²) in [5.74, 6) is 0.473. The Morgan fingerprint density at radius 3 is 2.16 bits per heavy atom. The quantitative estimate of drug-likeness (QED) is 0.712. The minimum atomic E-state index is -3.62. The van der Waals surface area contributed by atoms with E-state index in [-0.39, 0.29) is 34.3 Å². The number of sulfone groups is 1. The van der Waals surface area contributed by atoms with Crippen LogP contribution in [0, 0.1) is 0 Å². The molecule has 1 unspecified atom stereocenters. The molecule has 0 fully saturated rings. The molecule has 25 heavy (non-hydrogen) atoms. The molecule has 0 amide bonds. The number of carbonyl (C=O) groups excluding carboxylic acids is 1. The van der Waals surface area contributed by atoms with Crippen molar-refractivity contribution in [3.05, 3.63) is 71.6 Å². The molecule has 132 valence electrons. The first kappa shape index (κ1) is 18.9. The molecule has 0 aromatic heterocycles. The van der Waals surface area contributed by atoms with Crippen molar-refractivity contribution in [2.24, 2.45) is 0 Å². The summed E-state index contributed by atoms with van der Waals surface area (Å²) in [6.45, 7) is 5.29. The molecule has 0 radical (unpaired) electrons. The molecule has 4 nitrogen and oxygen atoms in total. The summed E-state index contributed by atoms with van der Waals surface area (Å²) in [6.07, 6.45) is 0.457. The van der Waals surface area contributed by atoms with Gasteiger partial charge in [-0.05, 0) is 49.1 Å². The van der Waals surface area contributed by atoms with Crippen LogP contribution in [0.4, 0.5) is 0 Å². The van der Waals surface area contributed by atoms with Crippen LogP contribution in [-0.2, 0) is 14.6 Å². The summed E-state index contributed by atoms with van der Waals surface area (Å²) in [6, 6.07) is 15.5. The third-order valence-electron chi connectivity index (χ3n) is 4.03. The number of hydrogen-bond donors (Lipinski definition) is 0. The maximum absolute atomic E-state index is 12.7. The van der Waals surface area contributed by atoms with E-state index in [0.717, 1.165) is 5.56 Å². The number of rotatable bonds is 8. The second-order valence-corrected chi connectivity index (χ2v) is 7.99. The Labute approximate surface area is 149 Å². The highest BCUT2D eigenvalue weighted by Crippen LogP contribution is 2.32. The largest absolute Gasteiger partial charge is 0.497 e. The van der Waals surface area contributed by atoms with E-state index >= 15 is 0 Å². The Hall–Kier alpha value is -2.40. The van der Waals surface area contributed by atoms with Gasteiger partial charge in [0.25, 0.3) is 0 Å². The third-order valence-corrected chi connectivity index (χ3v) is 5.85. The van der Waals surface area contributed by atoms with Gasteiger partial charge in [0, 0.05) is 11.3 Å². The van der Waals surface area contributed by atoms with Crippen molar-refractivity contribution < 1.29 is 17.9 Å². The van der Waals surface area contributed by atoms with Gasteiger partial charge >= 0.3 is 0 Å². The highest BCUT2D eigenvalue weighted by atomic mass is 32.2. The van der Waals surface area contributed by atoms with Gasteiger partial charge in [-0.1, -0.05) is 36.9 Å². The zero-order chi connectivity index (χ0) is 18.4. The number of allylic oxidation sites excluding steroid dienone is 1. The molecule has 2 rings (SSSR count). The number of carbonyl (C=O) groups is 1. The van der Waals surface area contributed by atoms with Crippen molar-refractivity contribution in [3.8, 4) is 5.75 Å². The lowest BCUT2D eigenvalue weighted by Gasteiger charge is -2.18. The summed E-state index contributed by atoms with van der Waals surface area (Å²) in [5, 5.41) is 0. The van der Waals surface area contributed by atoms with Crippen LogP contribution in [0.25, 0.3) is 0 Å². The summed E-state index contributed by atoms with van der Waals surface area (Å²) < 4.78 is 30.5. The molecule has 2 aromatic rings. The van der Waals surface area contributed by atoms with Crippen molar-refractivity contribution in [2.45, 2.75) is 30.6 Å². The van der Waals surface area contributed by atoms with Crippen LogP contribution in [0.5, 0.6) is 5.75 Å². The molecule has 0 N–H and O–H groups in total. The minimum absolute atomic E-state index is 0.00530. The third kappa shape index (κ3) is 4.79. The summed E-state index contributed by atoms with van der Waals surface area (Å²) in [7, 11) is -2.04. The SMILES string of the molecule is C=C(CC(CC(C)=O)c1ccc(OC)cc1)S(=O)(=O)c1ccccc1. The molecule has 0 saturated carbocycles. The number of benzene rings is 2. The Morgan fingerprint density at radius 2 is 1.64 bits per heavy atom. The van der Waals surface area contributed by atoms with Crippen molar-refractivity contribution in [3.63, 3.8) is 0 Å². The van der Waals surface area contributed by atoms with Gasteiger partial charge in [0.1, 0.15) is 11.5 Å². The van der Waals surface area contributed by atoms with Gasteiger partial charge in [0.2, 0.25) is 9.84 Å². The van der Waals surface area contributed by atoms with Crippen LogP contribution in [0.2, 0.25) is 0 Å². The van der Waals surface area contributed by atoms with Crippen LogP contribution in [-0.4, -0.2) is 21.3 Å². The molecule has 2 aromatic carbocycles. The summed E-state index contributed by atoms with van der Waals surface area (Å²) in [4.78, 5) is 12.0. The van der Waals surface area contributed by atoms with E-state index in [4.69, 9.17) is 4.74 Å². The van der Waals surface area contributed by atoms with Crippen molar-refractivity contribution in [2.75, 3.05) is 7.11 Å². The van der Waals surface area contributed by atoms with Gasteiger partial charge in [-0.25, -0.2) is 8.42 Å². The van der Waals surface area contributed by atoms with E-state index in [1.54, 1.807) is 49.6 Å². The van der Waals surface area contributed by atoms with Crippen LogP contribution in [0.1, 0.15) is 31.2 Å². The lowest BCUT2D eigenvalue weighted by atomic mass is 9.91. The number of methoxy groups -OCH3 is 1. The van der Waals surface area contributed by atoms with E-state index in [9.17, 15) is 13.2 Å². The second-order valence-electron chi connectivity index (χ2n) is 5.94. The molecule has 1 atom stereocenters. The predicted octanol–water partition coefficient (Wildman–Crippen LogP) is 4.14. The fraction of sp³-hybridized carbons (Fsp3) is 0.250. The Bertz CT molecular complexity index is 837. The fourth-order valence-corrected chi connectivity index (χ4v) is 3.95. The van der Waals surface area contributed by atoms with Gasteiger partial charge in [-0.15, -0.1) is 0 Å². The van der Waals surface area contributed by atoms with Crippen LogP contribution in [0.3, 0.4) is 0 Å². The molecule has 0 aliphatic rings. The zero-order valence-corrected chi connectivity index (χ0v) is 15.3. The van der Waals surface area contributed by atoms with Gasteiger partial charge in [-0.2, -0.15) is 0 Å². The van der Waals surface area contributed by atoms with Crippen molar-refractivity contribution >= 4 is 15.6 Å². The summed E-state index contributed by atoms with van der Waals surface area (Å²) in [5.41, 5.74) is 0.889. The van der Waals surface area contributed by atoms with Crippen LogP contribution < -0.4 is 4.74 Å². The number of hydrogen-bond acceptors (Lipinski definition) is 4. The molecular weight excluding hydrogens is 336 g/mol. The first-order valence-electron chi connectivity index (χ1n) is 7.96. The Balaban J connectivity index is 2.27. The zero-order valence-electron chi connectivity index (χ0n) is 14.4. The average Bonchev–Trinajstić information content (AvgIpc) is 2.61. The topological polar surface area (TPSA) is 60.4 Å². The lowest BCUT2D eigenvalue weighted by molar-refractivity contribution is -0.117.